The first-order valence-corrected chi connectivity index (χ1v) is 39.9. The van der Waals surface area contributed by atoms with Gasteiger partial charge in [0.1, 0.15) is 0 Å². The summed E-state index contributed by atoms with van der Waals surface area (Å²) in [5.74, 6) is 0. The van der Waals surface area contributed by atoms with Crippen molar-refractivity contribution in [2.24, 2.45) is 0 Å². The molecule has 0 bridgehead atoms. The molecule has 2 heteroatoms. The summed E-state index contributed by atoms with van der Waals surface area (Å²) >= 11 is 0. The zero-order chi connectivity index (χ0) is 77.1. The Morgan fingerprint density at radius 2 is 0.371 bits per heavy atom. The number of nitrogens with zero attached hydrogens (tertiary/aromatic N) is 2. The SMILES string of the molecule is c1ccc(-c2ccc(N(c3ccc(-c4ccc(-c5cccc6ccccc56)c(-c5cccc(-c6cccc(-c7ccc(N(c8ccc(-c9ccc(-c%10cccc%11ccccc%10%11)c(-c%10ccccc%10)c9)cc8)c8cccc9ccccc89)c(-c8ccccc8)c7)c6)c5)c4)cc3)c3ccccc3-c3ccccc3)c(-c3ccccc3)c2)cc1. The maximum Gasteiger partial charge on any atom is 0.0540 e. The summed E-state index contributed by atoms with van der Waals surface area (Å²) in [7, 11) is 0. The van der Waals surface area contributed by atoms with Gasteiger partial charge in [-0.3, -0.25) is 0 Å². The number of rotatable bonds is 18. The van der Waals surface area contributed by atoms with E-state index in [2.05, 4.69) is 483 Å². The molecule has 0 aromatic heterocycles. The number of hydrogen-bond donors (Lipinski definition) is 0. The third-order valence-electron chi connectivity index (χ3n) is 22.9. The summed E-state index contributed by atoms with van der Waals surface area (Å²) in [6.45, 7) is 0. The second-order valence-corrected chi connectivity index (χ2v) is 29.8. The number of benzene rings is 20. The third-order valence-corrected chi connectivity index (χ3v) is 22.9. The zero-order valence-corrected chi connectivity index (χ0v) is 63.9. The van der Waals surface area contributed by atoms with E-state index in [4.69, 9.17) is 0 Å². The second-order valence-electron chi connectivity index (χ2n) is 29.8. The van der Waals surface area contributed by atoms with Crippen LogP contribution < -0.4 is 9.80 Å². The fourth-order valence-electron chi connectivity index (χ4n) is 17.2. The Morgan fingerprint density at radius 1 is 0.112 bits per heavy atom. The van der Waals surface area contributed by atoms with E-state index in [-0.39, 0.29) is 0 Å². The van der Waals surface area contributed by atoms with Crippen molar-refractivity contribution >= 4 is 66.4 Å². The van der Waals surface area contributed by atoms with Crippen molar-refractivity contribution in [1.82, 2.24) is 0 Å². The maximum absolute atomic E-state index is 2.46. The molecule has 0 heterocycles. The Morgan fingerprint density at radius 3 is 0.853 bits per heavy atom. The molecule has 20 aromatic rings. The molecule has 0 atom stereocenters. The van der Waals surface area contributed by atoms with E-state index in [1.165, 1.54) is 71.3 Å². The van der Waals surface area contributed by atoms with E-state index >= 15 is 0 Å². The third kappa shape index (κ3) is 13.7. The van der Waals surface area contributed by atoms with Gasteiger partial charge in [-0.2, -0.15) is 0 Å². The fraction of sp³-hybridized carbons (Fsp3) is 0. The van der Waals surface area contributed by atoms with Crippen LogP contribution in [-0.2, 0) is 0 Å². The summed E-state index contributed by atoms with van der Waals surface area (Å²) in [5, 5.41) is 7.24. The first-order chi connectivity index (χ1) is 57.5. The largest absolute Gasteiger partial charge is 0.309 e. The maximum atomic E-state index is 2.46. The van der Waals surface area contributed by atoms with Crippen LogP contribution in [0.2, 0.25) is 0 Å². The van der Waals surface area contributed by atoms with Crippen LogP contribution in [0.4, 0.5) is 34.1 Å². The van der Waals surface area contributed by atoms with Gasteiger partial charge in [-0.25, -0.2) is 0 Å². The topological polar surface area (TPSA) is 6.48 Å². The van der Waals surface area contributed by atoms with Gasteiger partial charge < -0.3 is 9.80 Å². The molecule has 0 radical (unpaired) electrons. The molecule has 0 saturated heterocycles. The molecule has 0 aliphatic rings. The summed E-state index contributed by atoms with van der Waals surface area (Å²) in [6.07, 6.45) is 0. The predicted molar refractivity (Wildman–Crippen MR) is 494 cm³/mol. The monoisotopic (exact) mass is 1470 g/mol. The molecule has 0 fully saturated rings. The van der Waals surface area contributed by atoms with Gasteiger partial charge >= 0.3 is 0 Å². The van der Waals surface area contributed by atoms with Gasteiger partial charge in [-0.15, -0.1) is 0 Å². The Labute approximate surface area is 678 Å². The van der Waals surface area contributed by atoms with Gasteiger partial charge in [-0.1, -0.05) is 388 Å². The Kier molecular flexibility index (Phi) is 18.8. The van der Waals surface area contributed by atoms with E-state index in [1.807, 2.05) is 0 Å². The van der Waals surface area contributed by atoms with E-state index in [0.29, 0.717) is 0 Å². The van der Waals surface area contributed by atoms with E-state index in [9.17, 15) is 0 Å². The van der Waals surface area contributed by atoms with Gasteiger partial charge in [0.15, 0.2) is 0 Å². The van der Waals surface area contributed by atoms with E-state index in [0.717, 1.165) is 129 Å². The highest BCUT2D eigenvalue weighted by Crippen LogP contribution is 2.50. The lowest BCUT2D eigenvalue weighted by atomic mass is 9.88. The molecule has 2 nitrogen and oxygen atoms in total. The highest BCUT2D eigenvalue weighted by atomic mass is 15.2. The Hall–Kier alpha value is -15.2. The lowest BCUT2D eigenvalue weighted by Crippen LogP contribution is -2.12. The minimum Gasteiger partial charge on any atom is -0.309 e. The molecule has 0 aliphatic carbocycles. The molecular formula is C114H78N2. The van der Waals surface area contributed by atoms with Crippen molar-refractivity contribution in [2.75, 3.05) is 9.80 Å². The predicted octanol–water partition coefficient (Wildman–Crippen LogP) is 32.1. The normalized spacial score (nSPS) is 11.3. The van der Waals surface area contributed by atoms with Crippen LogP contribution in [0.5, 0.6) is 0 Å². The quantitative estimate of drug-likeness (QED) is 0.0845. The van der Waals surface area contributed by atoms with Gasteiger partial charge in [0.2, 0.25) is 0 Å². The average molecular weight is 1480 g/mol. The minimum atomic E-state index is 1.05. The number of para-hydroxylation sites is 1. The minimum absolute atomic E-state index is 1.05. The lowest BCUT2D eigenvalue weighted by Gasteiger charge is -2.30. The molecule has 544 valence electrons. The zero-order valence-electron chi connectivity index (χ0n) is 63.9. The van der Waals surface area contributed by atoms with Crippen molar-refractivity contribution in [1.29, 1.82) is 0 Å². The van der Waals surface area contributed by atoms with Crippen LogP contribution in [0, 0.1) is 0 Å². The standard InChI is InChI=1S/C114H78N2/c1-6-29-79(30-7-1)94-63-71-113(109(77-94)87-35-12-4-13-36-87)115(111-55-23-22-52-101(111)84-31-8-2-9-32-84)97-65-59-81(60-66-97)93-62-70-106(104-54-27-43-83-40-17-20-50-100(83)104)108(76-93)96-48-25-47-91(74-96)89-45-24-46-90(73-89)95-64-72-114(110(78-95)88-37-14-5-15-38-88)116(112-56-28-44-85-41-18-21-51-102(85)112)98-67-57-80(58-68-98)92-61-69-105(107(75-92)86-33-10-3-11-34-86)103-53-26-42-82-39-16-19-49-99(82)103/h1-78H. The second kappa shape index (κ2) is 31.2. The summed E-state index contributed by atoms with van der Waals surface area (Å²) in [6, 6.07) is 174. The molecule has 0 amide bonds. The van der Waals surface area contributed by atoms with E-state index < -0.39 is 0 Å². The van der Waals surface area contributed by atoms with Gasteiger partial charge in [-0.05, 0) is 229 Å². The Bertz CT molecular complexity index is 6960. The van der Waals surface area contributed by atoms with Crippen molar-refractivity contribution in [3.63, 3.8) is 0 Å². The highest BCUT2D eigenvalue weighted by molar-refractivity contribution is 6.06. The number of anilines is 6. The van der Waals surface area contributed by atoms with Crippen molar-refractivity contribution in [3.8, 4) is 134 Å². The molecule has 0 unspecified atom stereocenters. The molecular weight excluding hydrogens is 1400 g/mol. The fourth-order valence-corrected chi connectivity index (χ4v) is 17.2. The van der Waals surface area contributed by atoms with Crippen LogP contribution in [0.25, 0.3) is 166 Å². The Balaban J connectivity index is 0.672. The lowest BCUT2D eigenvalue weighted by molar-refractivity contribution is 1.28. The smallest absolute Gasteiger partial charge is 0.0540 e. The molecule has 20 aromatic carbocycles. The summed E-state index contributed by atoms with van der Waals surface area (Å²) < 4.78 is 0. The van der Waals surface area contributed by atoms with Gasteiger partial charge in [0, 0.05) is 33.5 Å². The van der Waals surface area contributed by atoms with Gasteiger partial charge in [0.05, 0.1) is 22.7 Å². The summed E-state index contributed by atoms with van der Waals surface area (Å²) in [4.78, 5) is 4.91. The highest BCUT2D eigenvalue weighted by Gasteiger charge is 2.25. The molecule has 116 heavy (non-hydrogen) atoms. The molecule has 0 saturated carbocycles. The number of hydrogen-bond acceptors (Lipinski definition) is 2. The first kappa shape index (κ1) is 69.9. The molecule has 0 spiro atoms. The molecule has 0 aliphatic heterocycles. The molecule has 20 rings (SSSR count). The van der Waals surface area contributed by atoms with Crippen LogP contribution in [-0.4, -0.2) is 0 Å². The van der Waals surface area contributed by atoms with Crippen molar-refractivity contribution in [3.05, 3.63) is 473 Å². The van der Waals surface area contributed by atoms with Crippen molar-refractivity contribution in [2.45, 2.75) is 0 Å². The molecule has 0 N–H and O–H groups in total. The van der Waals surface area contributed by atoms with Crippen LogP contribution in [0.15, 0.2) is 473 Å². The average Bonchev–Trinajstić information content (AvgIpc) is 0.769. The van der Waals surface area contributed by atoms with Crippen molar-refractivity contribution < 1.29 is 0 Å². The van der Waals surface area contributed by atoms with Crippen LogP contribution in [0.1, 0.15) is 0 Å². The van der Waals surface area contributed by atoms with Gasteiger partial charge in [0.25, 0.3) is 0 Å². The summed E-state index contributed by atoms with van der Waals surface area (Å²) in [5.41, 5.74) is 34.2. The van der Waals surface area contributed by atoms with Crippen LogP contribution >= 0.6 is 0 Å². The van der Waals surface area contributed by atoms with Crippen LogP contribution in [0.3, 0.4) is 0 Å². The van der Waals surface area contributed by atoms with E-state index in [1.54, 1.807) is 0 Å². The first-order valence-electron chi connectivity index (χ1n) is 39.9. The number of fused-ring (bicyclic) bond motifs is 3.